The molecule has 30 heavy (non-hydrogen) atoms. The third-order valence-electron chi connectivity index (χ3n) is 4.31. The Morgan fingerprint density at radius 2 is 1.63 bits per heavy atom. The first-order valence-electron chi connectivity index (χ1n) is 8.92. The van der Waals surface area contributed by atoms with E-state index in [1.807, 2.05) is 6.92 Å². The number of nitrogens with zero attached hydrogens (tertiary/aromatic N) is 3. The zero-order valence-electron chi connectivity index (χ0n) is 15.7. The quantitative estimate of drug-likeness (QED) is 0.556. The van der Waals surface area contributed by atoms with Crippen LogP contribution >= 0.6 is 11.3 Å². The molecule has 1 aromatic heterocycles. The molecule has 4 rings (SSSR count). The summed E-state index contributed by atoms with van der Waals surface area (Å²) in [6.07, 6.45) is 0. The van der Waals surface area contributed by atoms with E-state index in [0.717, 1.165) is 16.2 Å². The standard InChI is InChI=1S/C19H16N4O5S2/c1-2-28-12-7-9-13(10-8-12)30(26,27)22-19-21-20-16(29-19)11-23-17(24)14-5-3-4-6-15(14)18(23)25/h3-10H,2,11H2,1H3,(H,21,22). The van der Waals surface area contributed by atoms with Gasteiger partial charge in [0.25, 0.3) is 21.8 Å². The summed E-state index contributed by atoms with van der Waals surface area (Å²) in [5.74, 6) is -0.264. The van der Waals surface area contributed by atoms with Crippen LogP contribution in [0.15, 0.2) is 53.4 Å². The number of anilines is 1. The van der Waals surface area contributed by atoms with Crippen LogP contribution in [0.3, 0.4) is 0 Å². The van der Waals surface area contributed by atoms with Gasteiger partial charge in [-0.1, -0.05) is 23.5 Å². The molecule has 2 heterocycles. The van der Waals surface area contributed by atoms with Crippen LogP contribution in [-0.2, 0) is 16.6 Å². The number of hydrogen-bond acceptors (Lipinski definition) is 8. The van der Waals surface area contributed by atoms with E-state index in [-0.39, 0.29) is 16.6 Å². The Labute approximate surface area is 176 Å². The molecule has 0 spiro atoms. The molecular weight excluding hydrogens is 428 g/mol. The fourth-order valence-electron chi connectivity index (χ4n) is 2.93. The molecule has 0 atom stereocenters. The number of ether oxygens (including phenoxy) is 1. The molecule has 0 saturated carbocycles. The zero-order chi connectivity index (χ0) is 21.3. The Balaban J connectivity index is 1.47. The van der Waals surface area contributed by atoms with E-state index in [1.165, 1.54) is 12.1 Å². The minimum Gasteiger partial charge on any atom is -0.494 e. The topological polar surface area (TPSA) is 119 Å². The summed E-state index contributed by atoms with van der Waals surface area (Å²) in [5.41, 5.74) is 0.673. The second-order valence-electron chi connectivity index (χ2n) is 6.25. The number of carbonyl (C=O) groups is 2. The molecule has 1 aliphatic heterocycles. The molecule has 3 aromatic rings. The fraction of sp³-hybridized carbons (Fsp3) is 0.158. The number of imide groups is 1. The summed E-state index contributed by atoms with van der Waals surface area (Å²) >= 11 is 0.952. The van der Waals surface area contributed by atoms with Gasteiger partial charge in [0.1, 0.15) is 10.8 Å². The van der Waals surface area contributed by atoms with Crippen molar-refractivity contribution in [3.8, 4) is 5.75 Å². The van der Waals surface area contributed by atoms with Gasteiger partial charge in [-0.15, -0.1) is 10.2 Å². The molecule has 2 aromatic carbocycles. The average molecular weight is 444 g/mol. The van der Waals surface area contributed by atoms with Crippen LogP contribution < -0.4 is 9.46 Å². The Hall–Kier alpha value is -3.31. The number of fused-ring (bicyclic) bond motifs is 1. The maximum absolute atomic E-state index is 12.5. The van der Waals surface area contributed by atoms with E-state index in [9.17, 15) is 18.0 Å². The monoisotopic (exact) mass is 444 g/mol. The molecule has 11 heteroatoms. The summed E-state index contributed by atoms with van der Waals surface area (Å²) in [7, 11) is -3.87. The predicted octanol–water partition coefficient (Wildman–Crippen LogP) is 2.53. The normalized spacial score (nSPS) is 13.4. The van der Waals surface area contributed by atoms with E-state index >= 15 is 0 Å². The lowest BCUT2D eigenvalue weighted by Crippen LogP contribution is -2.29. The lowest BCUT2D eigenvalue weighted by atomic mass is 10.1. The number of sulfonamides is 1. The summed E-state index contributed by atoms with van der Waals surface area (Å²) in [6.45, 7) is 2.22. The Morgan fingerprint density at radius 3 is 2.23 bits per heavy atom. The molecule has 154 valence electrons. The van der Waals surface area contributed by atoms with Crippen molar-refractivity contribution in [3.05, 3.63) is 64.7 Å². The van der Waals surface area contributed by atoms with Crippen LogP contribution in [0.4, 0.5) is 5.13 Å². The van der Waals surface area contributed by atoms with Crippen molar-refractivity contribution in [3.63, 3.8) is 0 Å². The lowest BCUT2D eigenvalue weighted by molar-refractivity contribution is 0.0642. The maximum Gasteiger partial charge on any atom is 0.263 e. The Morgan fingerprint density at radius 1 is 1.00 bits per heavy atom. The van der Waals surface area contributed by atoms with Crippen LogP contribution in [0.25, 0.3) is 0 Å². The van der Waals surface area contributed by atoms with Crippen molar-refractivity contribution in [2.45, 2.75) is 18.4 Å². The third-order valence-corrected chi connectivity index (χ3v) is 6.61. The number of amides is 2. The van der Waals surface area contributed by atoms with Crippen LogP contribution in [0, 0.1) is 0 Å². The largest absolute Gasteiger partial charge is 0.494 e. The summed E-state index contributed by atoms with van der Waals surface area (Å²) < 4.78 is 32.8. The predicted molar refractivity (Wildman–Crippen MR) is 109 cm³/mol. The van der Waals surface area contributed by atoms with Crippen molar-refractivity contribution in [2.24, 2.45) is 0 Å². The van der Waals surface area contributed by atoms with E-state index in [4.69, 9.17) is 4.74 Å². The van der Waals surface area contributed by atoms with Gasteiger partial charge in [-0.25, -0.2) is 8.42 Å². The summed E-state index contributed by atoms with van der Waals surface area (Å²) in [6, 6.07) is 12.5. The molecule has 1 aliphatic rings. The van der Waals surface area contributed by atoms with Crippen LogP contribution in [0.5, 0.6) is 5.75 Å². The number of hydrogen-bond donors (Lipinski definition) is 1. The van der Waals surface area contributed by atoms with Gasteiger partial charge in [-0.3, -0.25) is 19.2 Å². The molecule has 0 fully saturated rings. The fourth-order valence-corrected chi connectivity index (χ4v) is 4.89. The third kappa shape index (κ3) is 3.76. The molecule has 0 bridgehead atoms. The first kappa shape index (κ1) is 20.0. The van der Waals surface area contributed by atoms with Gasteiger partial charge in [0.2, 0.25) is 5.13 Å². The molecule has 9 nitrogen and oxygen atoms in total. The summed E-state index contributed by atoms with van der Waals surface area (Å²) in [5, 5.41) is 8.09. The van der Waals surface area contributed by atoms with Crippen LogP contribution in [-0.4, -0.2) is 41.9 Å². The molecule has 0 saturated heterocycles. The minimum absolute atomic E-state index is 0.0375. The van der Waals surface area contributed by atoms with E-state index in [0.29, 0.717) is 28.5 Å². The SMILES string of the molecule is CCOc1ccc(S(=O)(=O)Nc2nnc(CN3C(=O)c4ccccc4C3=O)s2)cc1. The van der Waals surface area contributed by atoms with Crippen molar-refractivity contribution in [1.82, 2.24) is 15.1 Å². The highest BCUT2D eigenvalue weighted by molar-refractivity contribution is 7.93. The number of carbonyl (C=O) groups excluding carboxylic acids is 2. The zero-order valence-corrected chi connectivity index (χ0v) is 17.4. The first-order chi connectivity index (χ1) is 14.4. The summed E-state index contributed by atoms with van der Waals surface area (Å²) in [4.78, 5) is 26.0. The van der Waals surface area contributed by atoms with Gasteiger partial charge in [-0.2, -0.15) is 0 Å². The van der Waals surface area contributed by atoms with Gasteiger partial charge in [-0.05, 0) is 43.3 Å². The van der Waals surface area contributed by atoms with Gasteiger partial charge in [0, 0.05) is 0 Å². The molecule has 0 radical (unpaired) electrons. The van der Waals surface area contributed by atoms with E-state index < -0.39 is 21.8 Å². The Bertz CT molecular complexity index is 1190. The highest BCUT2D eigenvalue weighted by atomic mass is 32.2. The highest BCUT2D eigenvalue weighted by Gasteiger charge is 2.35. The molecule has 0 aliphatic carbocycles. The maximum atomic E-state index is 12.5. The van der Waals surface area contributed by atoms with Gasteiger partial charge < -0.3 is 4.74 Å². The van der Waals surface area contributed by atoms with Gasteiger partial charge in [0.15, 0.2) is 0 Å². The van der Waals surface area contributed by atoms with Gasteiger partial charge in [0.05, 0.1) is 29.2 Å². The van der Waals surface area contributed by atoms with Crippen molar-refractivity contribution >= 4 is 38.3 Å². The smallest absolute Gasteiger partial charge is 0.263 e. The van der Waals surface area contributed by atoms with Gasteiger partial charge >= 0.3 is 0 Å². The lowest BCUT2D eigenvalue weighted by Gasteiger charge is -2.10. The molecule has 1 N–H and O–H groups in total. The van der Waals surface area contributed by atoms with Crippen LogP contribution in [0.1, 0.15) is 32.6 Å². The number of rotatable bonds is 7. The van der Waals surface area contributed by atoms with Crippen LogP contribution in [0.2, 0.25) is 0 Å². The number of benzene rings is 2. The minimum atomic E-state index is -3.87. The molecule has 0 unspecified atom stereocenters. The number of nitrogens with one attached hydrogen (secondary N) is 1. The van der Waals surface area contributed by atoms with Crippen molar-refractivity contribution < 1.29 is 22.7 Å². The Kier molecular flexibility index (Phi) is 5.22. The average Bonchev–Trinajstić information content (AvgIpc) is 3.26. The second kappa shape index (κ2) is 7.84. The first-order valence-corrected chi connectivity index (χ1v) is 11.2. The van der Waals surface area contributed by atoms with Crippen molar-refractivity contribution in [1.29, 1.82) is 0 Å². The van der Waals surface area contributed by atoms with E-state index in [1.54, 1.807) is 36.4 Å². The van der Waals surface area contributed by atoms with Crippen molar-refractivity contribution in [2.75, 3.05) is 11.3 Å². The number of aromatic nitrogens is 2. The highest BCUT2D eigenvalue weighted by Crippen LogP contribution is 2.27. The molecular formula is C19H16N4O5S2. The van der Waals surface area contributed by atoms with E-state index in [2.05, 4.69) is 14.9 Å². The second-order valence-corrected chi connectivity index (χ2v) is 9.00. The molecule has 2 amide bonds.